The molecule has 0 aromatic carbocycles. The largest absolute Gasteiger partial charge is 1.00 e. The van der Waals surface area contributed by atoms with Crippen LogP contribution in [0.25, 0.3) is 0 Å². The third kappa shape index (κ3) is 5.20. The first-order valence-corrected chi connectivity index (χ1v) is 15.2. The van der Waals surface area contributed by atoms with Gasteiger partial charge in [0, 0.05) is 6.92 Å². The first kappa shape index (κ1) is 33.8. The third-order valence-corrected chi connectivity index (χ3v) is 12.5. The van der Waals surface area contributed by atoms with Gasteiger partial charge in [-0.1, -0.05) is 46.3 Å². The number of carboxylic acid groups (broad SMARTS) is 1. The summed E-state index contributed by atoms with van der Waals surface area (Å²) in [6, 6.07) is 0. The van der Waals surface area contributed by atoms with E-state index in [1.165, 1.54) is 6.92 Å². The fourth-order valence-electron chi connectivity index (χ4n) is 10.3. The number of fused-ring (bicyclic) bond motifs is 5. The van der Waals surface area contributed by atoms with Gasteiger partial charge in [0.2, 0.25) is 0 Å². The van der Waals surface area contributed by atoms with Gasteiger partial charge >= 0.3 is 35.5 Å². The number of carboxylic acids is 1. The molecule has 7 heteroatoms. The fourth-order valence-corrected chi connectivity index (χ4v) is 10.3. The van der Waals surface area contributed by atoms with Crippen molar-refractivity contribution < 1.29 is 59.2 Å². The van der Waals surface area contributed by atoms with E-state index in [0.29, 0.717) is 37.2 Å². The van der Waals surface area contributed by atoms with E-state index in [2.05, 4.69) is 34.6 Å². The number of ether oxygens (including phenoxy) is 1. The number of hydrogen-bond acceptors (Lipinski definition) is 6. The first-order chi connectivity index (χ1) is 18.1. The average Bonchev–Trinajstić information content (AvgIpc) is 3.10. The van der Waals surface area contributed by atoms with Crippen LogP contribution >= 0.6 is 0 Å². The van der Waals surface area contributed by atoms with Crippen molar-refractivity contribution in [2.24, 2.45) is 39.9 Å². The number of carbonyl (C=O) groups excluding carboxylic acids is 2. The summed E-state index contributed by atoms with van der Waals surface area (Å²) in [5.74, 6) is -1.34. The summed E-state index contributed by atoms with van der Waals surface area (Å²) in [6.45, 7) is 16.5. The van der Waals surface area contributed by atoms with Gasteiger partial charge in [0.15, 0.2) is 0 Å². The minimum Gasteiger partial charge on any atom is -0.545 e. The van der Waals surface area contributed by atoms with Crippen LogP contribution in [0.4, 0.5) is 0 Å². The van der Waals surface area contributed by atoms with Gasteiger partial charge in [0.05, 0.1) is 17.7 Å². The van der Waals surface area contributed by atoms with E-state index in [1.807, 2.05) is 19.9 Å². The molecular formula is C33H51NaO6. The van der Waals surface area contributed by atoms with Crippen molar-refractivity contribution in [3.8, 4) is 0 Å². The molecule has 2 N–H and O–H groups in total. The minimum absolute atomic E-state index is 0. The van der Waals surface area contributed by atoms with Gasteiger partial charge in [-0.3, -0.25) is 4.79 Å². The maximum Gasteiger partial charge on any atom is 1.00 e. The molecule has 40 heavy (non-hydrogen) atoms. The molecule has 0 heterocycles. The third-order valence-electron chi connectivity index (χ3n) is 12.5. The summed E-state index contributed by atoms with van der Waals surface area (Å²) in [5.41, 5.74) is 0.598. The molecule has 6 nitrogen and oxygen atoms in total. The van der Waals surface area contributed by atoms with Crippen LogP contribution in [-0.4, -0.2) is 40.0 Å². The number of hydrogen-bond donors (Lipinski definition) is 2. The van der Waals surface area contributed by atoms with Gasteiger partial charge < -0.3 is 24.9 Å². The van der Waals surface area contributed by atoms with Gasteiger partial charge in [-0.2, -0.15) is 0 Å². The van der Waals surface area contributed by atoms with Crippen LogP contribution in [0.2, 0.25) is 0 Å². The SMILES string of the molecule is CC[C@@]1(O)CC[C@@]2(C)C(CC[C@@]3(C)C2[C@H](O)C[C@@H]2C(=C(CCC=C(C)C)C(=O)[O-])[C@@H](OC(C)=O)C[C@@]23C)[C@@H]1C.[Na+]. The molecule has 4 aliphatic carbocycles. The molecule has 0 aromatic rings. The quantitative estimate of drug-likeness (QED) is 0.221. The van der Waals surface area contributed by atoms with Crippen LogP contribution in [0.1, 0.15) is 113 Å². The summed E-state index contributed by atoms with van der Waals surface area (Å²) in [5, 5.41) is 36.0. The molecule has 0 spiro atoms. The van der Waals surface area contributed by atoms with Crippen molar-refractivity contribution in [3.63, 3.8) is 0 Å². The van der Waals surface area contributed by atoms with E-state index < -0.39 is 29.7 Å². The molecule has 4 rings (SSSR count). The zero-order chi connectivity index (χ0) is 29.1. The van der Waals surface area contributed by atoms with E-state index in [0.717, 1.165) is 37.7 Å². The molecule has 4 aliphatic rings. The van der Waals surface area contributed by atoms with Crippen molar-refractivity contribution in [1.29, 1.82) is 0 Å². The molecule has 0 radical (unpaired) electrons. The van der Waals surface area contributed by atoms with Gasteiger partial charge in [-0.05, 0) is 123 Å². The van der Waals surface area contributed by atoms with E-state index in [4.69, 9.17) is 4.74 Å². The van der Waals surface area contributed by atoms with Crippen LogP contribution in [0.15, 0.2) is 22.8 Å². The Balaban J connectivity index is 0.00000441. The number of esters is 1. The molecule has 4 fully saturated rings. The number of aliphatic hydroxyl groups excluding tert-OH is 1. The smallest absolute Gasteiger partial charge is 0.545 e. The Kier molecular flexibility index (Phi) is 9.97. The van der Waals surface area contributed by atoms with E-state index >= 15 is 0 Å². The van der Waals surface area contributed by atoms with Crippen LogP contribution in [0.3, 0.4) is 0 Å². The number of aliphatic hydroxyl groups is 2. The Labute approximate surface area is 263 Å². The maximum absolute atomic E-state index is 12.6. The monoisotopic (exact) mass is 566 g/mol. The summed E-state index contributed by atoms with van der Waals surface area (Å²) in [7, 11) is 0. The molecule has 10 atom stereocenters. The zero-order valence-corrected chi connectivity index (χ0v) is 28.4. The molecule has 2 unspecified atom stereocenters. The van der Waals surface area contributed by atoms with Crippen LogP contribution in [-0.2, 0) is 14.3 Å². The molecule has 0 aliphatic heterocycles. The van der Waals surface area contributed by atoms with Crippen molar-refractivity contribution in [2.75, 3.05) is 0 Å². The molecule has 0 amide bonds. The fraction of sp³-hybridized carbons (Fsp3) is 0.818. The van der Waals surface area contributed by atoms with Crippen molar-refractivity contribution in [1.82, 2.24) is 0 Å². The Morgan fingerprint density at radius 2 is 1.75 bits per heavy atom. The van der Waals surface area contributed by atoms with E-state index in [-0.39, 0.29) is 69.1 Å². The topological polar surface area (TPSA) is 107 Å². The second kappa shape index (κ2) is 11.8. The number of rotatable bonds is 6. The van der Waals surface area contributed by atoms with Gasteiger partial charge in [0.1, 0.15) is 6.10 Å². The summed E-state index contributed by atoms with van der Waals surface area (Å²) >= 11 is 0. The summed E-state index contributed by atoms with van der Waals surface area (Å²) in [4.78, 5) is 24.8. The normalized spacial score (nSPS) is 45.2. The number of allylic oxidation sites excluding steroid dienone is 2. The van der Waals surface area contributed by atoms with Crippen LogP contribution < -0.4 is 34.7 Å². The van der Waals surface area contributed by atoms with Crippen molar-refractivity contribution in [3.05, 3.63) is 22.8 Å². The average molecular weight is 567 g/mol. The van der Waals surface area contributed by atoms with Crippen molar-refractivity contribution in [2.45, 2.75) is 131 Å². The second-order valence-electron chi connectivity index (χ2n) is 14.4. The molecule has 4 saturated carbocycles. The Morgan fingerprint density at radius 1 is 1.10 bits per heavy atom. The van der Waals surface area contributed by atoms with Gasteiger partial charge in [0.25, 0.3) is 0 Å². The Bertz CT molecular complexity index is 1060. The van der Waals surface area contributed by atoms with Crippen LogP contribution in [0, 0.1) is 39.9 Å². The van der Waals surface area contributed by atoms with Crippen molar-refractivity contribution >= 4 is 11.9 Å². The Morgan fingerprint density at radius 3 is 2.30 bits per heavy atom. The predicted molar refractivity (Wildman–Crippen MR) is 149 cm³/mol. The second-order valence-corrected chi connectivity index (χ2v) is 14.4. The summed E-state index contributed by atoms with van der Waals surface area (Å²) < 4.78 is 5.87. The molecule has 220 valence electrons. The number of aliphatic carboxylic acids is 1. The molecule has 0 aromatic heterocycles. The minimum atomic E-state index is -1.20. The molecule has 0 bridgehead atoms. The van der Waals surface area contributed by atoms with Crippen LogP contribution in [0.5, 0.6) is 0 Å². The zero-order valence-electron chi connectivity index (χ0n) is 26.4. The number of carbonyl (C=O) groups is 2. The predicted octanol–water partition coefficient (Wildman–Crippen LogP) is 2.12. The Hall–Kier alpha value is -0.660. The van der Waals surface area contributed by atoms with Gasteiger partial charge in [-0.15, -0.1) is 0 Å². The molecular weight excluding hydrogens is 515 g/mol. The summed E-state index contributed by atoms with van der Waals surface area (Å²) in [6.07, 6.45) is 6.90. The first-order valence-electron chi connectivity index (χ1n) is 15.2. The standard InChI is InChI=1S/C33H52O6.Na/c1-9-33(38)16-15-30(6)23(20(33)4)13-14-31(7)28(30)25(35)17-24-27(22(29(36)37)12-10-11-19(2)3)26(39-21(5)34)18-32(24,31)8;/h11,20,23-26,28,35,38H,9-10,12-18H2,1-8H3,(H,36,37);/q;+1/p-1/t20-,23?,24+,25+,26-,28?,30-,31-,32-,33+;/m0./s1. The van der Waals surface area contributed by atoms with Gasteiger partial charge in [-0.25, -0.2) is 0 Å². The molecule has 0 saturated heterocycles. The van der Waals surface area contributed by atoms with E-state index in [9.17, 15) is 24.9 Å². The van der Waals surface area contributed by atoms with E-state index in [1.54, 1.807) is 0 Å². The maximum atomic E-state index is 12.6.